The third-order valence-corrected chi connectivity index (χ3v) is 3.45. The maximum Gasteiger partial charge on any atom is 0.128 e. The molecule has 0 aromatic heterocycles. The Bertz CT molecular complexity index is 380. The maximum atomic E-state index is 13.4. The van der Waals surface area contributed by atoms with Crippen LogP contribution in [0.1, 0.15) is 31.7 Å². The Morgan fingerprint density at radius 3 is 3.06 bits per heavy atom. The number of anilines is 1. The minimum absolute atomic E-state index is 0.144. The third kappa shape index (κ3) is 2.97. The number of hydrogen-bond donors (Lipinski definition) is 1. The second-order valence-electron chi connectivity index (χ2n) is 4.68. The van der Waals surface area contributed by atoms with E-state index >= 15 is 0 Å². The monoisotopic (exact) mass is 237 g/mol. The number of rotatable bonds is 3. The lowest BCUT2D eigenvalue weighted by Gasteiger charge is -2.30. The van der Waals surface area contributed by atoms with Gasteiger partial charge in [0.05, 0.1) is 6.10 Å². The van der Waals surface area contributed by atoms with Crippen molar-refractivity contribution in [3.63, 3.8) is 0 Å². The van der Waals surface area contributed by atoms with Crippen LogP contribution in [0.2, 0.25) is 0 Å². The molecule has 0 saturated carbocycles. The van der Waals surface area contributed by atoms with E-state index in [1.165, 1.54) is 6.07 Å². The maximum absolute atomic E-state index is 13.4. The van der Waals surface area contributed by atoms with Crippen molar-refractivity contribution < 1.29 is 9.13 Å². The molecule has 1 saturated heterocycles. The first-order valence-corrected chi connectivity index (χ1v) is 6.34. The van der Waals surface area contributed by atoms with Crippen LogP contribution in [0, 0.1) is 12.7 Å². The quantitative estimate of drug-likeness (QED) is 0.868. The molecule has 2 atom stereocenters. The molecule has 94 valence electrons. The number of ether oxygens (including phenoxy) is 1. The van der Waals surface area contributed by atoms with Gasteiger partial charge in [-0.1, -0.05) is 13.0 Å². The zero-order valence-corrected chi connectivity index (χ0v) is 10.5. The molecule has 0 amide bonds. The smallest absolute Gasteiger partial charge is 0.128 e. The van der Waals surface area contributed by atoms with E-state index in [0.717, 1.165) is 31.6 Å². The van der Waals surface area contributed by atoms with Gasteiger partial charge in [-0.2, -0.15) is 0 Å². The van der Waals surface area contributed by atoms with Gasteiger partial charge in [-0.15, -0.1) is 0 Å². The number of nitrogens with one attached hydrogen (secondary N) is 1. The van der Waals surface area contributed by atoms with Crippen LogP contribution in [-0.4, -0.2) is 18.8 Å². The summed E-state index contributed by atoms with van der Waals surface area (Å²) in [6.07, 6.45) is 3.38. The Balaban J connectivity index is 2.02. The summed E-state index contributed by atoms with van der Waals surface area (Å²) >= 11 is 0. The molecule has 1 aliphatic rings. The molecule has 1 heterocycles. The van der Waals surface area contributed by atoms with Crippen LogP contribution in [0.15, 0.2) is 18.2 Å². The SMILES string of the molecule is CCC1CC(Nc2cccc(F)c2C)CCO1. The van der Waals surface area contributed by atoms with E-state index in [1.807, 2.05) is 13.0 Å². The van der Waals surface area contributed by atoms with Gasteiger partial charge >= 0.3 is 0 Å². The lowest BCUT2D eigenvalue weighted by Crippen LogP contribution is -2.33. The average molecular weight is 237 g/mol. The molecule has 0 aliphatic carbocycles. The predicted octanol–water partition coefficient (Wildman–Crippen LogP) is 3.50. The van der Waals surface area contributed by atoms with E-state index in [-0.39, 0.29) is 5.82 Å². The molecule has 3 heteroatoms. The van der Waals surface area contributed by atoms with Gasteiger partial charge in [-0.05, 0) is 38.3 Å². The van der Waals surface area contributed by atoms with Crippen LogP contribution in [0.4, 0.5) is 10.1 Å². The molecular formula is C14H20FNO. The third-order valence-electron chi connectivity index (χ3n) is 3.45. The van der Waals surface area contributed by atoms with Gasteiger partial charge in [0.2, 0.25) is 0 Å². The summed E-state index contributed by atoms with van der Waals surface area (Å²) in [4.78, 5) is 0. The minimum Gasteiger partial charge on any atom is -0.382 e. The van der Waals surface area contributed by atoms with E-state index in [1.54, 1.807) is 6.07 Å². The highest BCUT2D eigenvalue weighted by atomic mass is 19.1. The molecule has 0 radical (unpaired) electrons. The van der Waals surface area contributed by atoms with Crippen molar-refractivity contribution in [2.75, 3.05) is 11.9 Å². The Hall–Kier alpha value is -1.09. The highest BCUT2D eigenvalue weighted by Crippen LogP contribution is 2.23. The lowest BCUT2D eigenvalue weighted by atomic mass is 10.0. The Kier molecular flexibility index (Phi) is 4.00. The van der Waals surface area contributed by atoms with Crippen molar-refractivity contribution in [3.05, 3.63) is 29.6 Å². The molecule has 2 unspecified atom stereocenters. The first-order valence-electron chi connectivity index (χ1n) is 6.34. The summed E-state index contributed by atoms with van der Waals surface area (Å²) in [6.45, 7) is 4.75. The van der Waals surface area contributed by atoms with Crippen LogP contribution in [0.25, 0.3) is 0 Å². The molecule has 1 aromatic carbocycles. The van der Waals surface area contributed by atoms with Gasteiger partial charge in [0.15, 0.2) is 0 Å². The van der Waals surface area contributed by atoms with Crippen molar-refractivity contribution in [1.82, 2.24) is 0 Å². The topological polar surface area (TPSA) is 21.3 Å². The predicted molar refractivity (Wildman–Crippen MR) is 67.8 cm³/mol. The van der Waals surface area contributed by atoms with Crippen LogP contribution in [0.5, 0.6) is 0 Å². The van der Waals surface area contributed by atoms with Crippen molar-refractivity contribution >= 4 is 5.69 Å². The summed E-state index contributed by atoms with van der Waals surface area (Å²) < 4.78 is 19.0. The number of hydrogen-bond acceptors (Lipinski definition) is 2. The summed E-state index contributed by atoms with van der Waals surface area (Å²) in [5, 5.41) is 3.43. The van der Waals surface area contributed by atoms with Gasteiger partial charge in [-0.3, -0.25) is 0 Å². The Morgan fingerprint density at radius 1 is 1.47 bits per heavy atom. The molecule has 2 nitrogen and oxygen atoms in total. The Labute approximate surface area is 102 Å². The molecule has 1 N–H and O–H groups in total. The van der Waals surface area contributed by atoms with Crippen LogP contribution >= 0.6 is 0 Å². The first-order chi connectivity index (χ1) is 8.20. The molecule has 1 aliphatic heterocycles. The Morgan fingerprint density at radius 2 is 2.29 bits per heavy atom. The fourth-order valence-electron chi connectivity index (χ4n) is 2.28. The molecule has 0 spiro atoms. The fraction of sp³-hybridized carbons (Fsp3) is 0.571. The summed E-state index contributed by atoms with van der Waals surface area (Å²) in [5.41, 5.74) is 1.61. The molecule has 0 bridgehead atoms. The van der Waals surface area contributed by atoms with Crippen LogP contribution in [-0.2, 0) is 4.74 Å². The second kappa shape index (κ2) is 5.50. The standard InChI is InChI=1S/C14H20FNO/c1-3-12-9-11(7-8-17-12)16-14-6-4-5-13(15)10(14)2/h4-6,11-12,16H,3,7-9H2,1-2H3. The van der Waals surface area contributed by atoms with Crippen molar-refractivity contribution in [2.45, 2.75) is 45.3 Å². The van der Waals surface area contributed by atoms with Crippen molar-refractivity contribution in [2.24, 2.45) is 0 Å². The second-order valence-corrected chi connectivity index (χ2v) is 4.68. The molecule has 1 aromatic rings. The van der Waals surface area contributed by atoms with Gasteiger partial charge in [0.25, 0.3) is 0 Å². The minimum atomic E-state index is -0.144. The van der Waals surface area contributed by atoms with E-state index in [9.17, 15) is 4.39 Å². The van der Waals surface area contributed by atoms with Gasteiger partial charge in [0, 0.05) is 23.9 Å². The number of benzene rings is 1. The number of halogens is 1. The zero-order valence-electron chi connectivity index (χ0n) is 10.5. The molecular weight excluding hydrogens is 217 g/mol. The van der Waals surface area contributed by atoms with Gasteiger partial charge in [-0.25, -0.2) is 4.39 Å². The normalized spacial score (nSPS) is 24.6. The van der Waals surface area contributed by atoms with E-state index in [2.05, 4.69) is 12.2 Å². The zero-order chi connectivity index (χ0) is 12.3. The summed E-state index contributed by atoms with van der Waals surface area (Å²) in [5.74, 6) is -0.144. The van der Waals surface area contributed by atoms with Crippen molar-refractivity contribution in [1.29, 1.82) is 0 Å². The van der Waals surface area contributed by atoms with E-state index < -0.39 is 0 Å². The molecule has 1 fully saturated rings. The van der Waals surface area contributed by atoms with Gasteiger partial charge < -0.3 is 10.1 Å². The van der Waals surface area contributed by atoms with Crippen LogP contribution < -0.4 is 5.32 Å². The van der Waals surface area contributed by atoms with Crippen LogP contribution in [0.3, 0.4) is 0 Å². The summed E-state index contributed by atoms with van der Waals surface area (Å²) in [6, 6.07) is 5.59. The lowest BCUT2D eigenvalue weighted by molar-refractivity contribution is 0.00924. The van der Waals surface area contributed by atoms with E-state index in [4.69, 9.17) is 4.74 Å². The average Bonchev–Trinajstić information content (AvgIpc) is 2.35. The first kappa shape index (κ1) is 12.4. The molecule has 2 rings (SSSR count). The highest BCUT2D eigenvalue weighted by molar-refractivity contribution is 5.51. The fourth-order valence-corrected chi connectivity index (χ4v) is 2.28. The highest BCUT2D eigenvalue weighted by Gasteiger charge is 2.21. The molecule has 17 heavy (non-hydrogen) atoms. The summed E-state index contributed by atoms with van der Waals surface area (Å²) in [7, 11) is 0. The largest absolute Gasteiger partial charge is 0.382 e. The van der Waals surface area contributed by atoms with Crippen molar-refractivity contribution in [3.8, 4) is 0 Å². The van der Waals surface area contributed by atoms with E-state index in [0.29, 0.717) is 17.7 Å². The van der Waals surface area contributed by atoms with Gasteiger partial charge in [0.1, 0.15) is 5.82 Å².